The Labute approximate surface area is 200 Å². The quantitative estimate of drug-likeness (QED) is 0.246. The van der Waals surface area contributed by atoms with Crippen molar-refractivity contribution in [1.29, 1.82) is 0 Å². The number of thioether (sulfide) groups is 1. The van der Waals surface area contributed by atoms with Gasteiger partial charge in [-0.05, 0) is 31.9 Å². The van der Waals surface area contributed by atoms with Gasteiger partial charge < -0.3 is 18.4 Å². The second-order valence-corrected chi connectivity index (χ2v) is 8.91. The zero-order valence-electron chi connectivity index (χ0n) is 18.6. The van der Waals surface area contributed by atoms with Crippen LogP contribution in [0, 0.1) is 6.92 Å². The molecule has 0 saturated carbocycles. The molecule has 1 atom stereocenters. The molecule has 1 saturated heterocycles. The minimum atomic E-state index is -0.443. The molecule has 5 rings (SSSR count). The Hall–Kier alpha value is -3.43. The van der Waals surface area contributed by atoms with Crippen molar-refractivity contribution < 1.29 is 23.2 Å². The van der Waals surface area contributed by atoms with E-state index in [1.54, 1.807) is 24.8 Å². The van der Waals surface area contributed by atoms with E-state index >= 15 is 0 Å². The summed E-state index contributed by atoms with van der Waals surface area (Å²) in [6.45, 7) is 2.45. The minimum absolute atomic E-state index is 0.137. The molecule has 8 nitrogen and oxygen atoms in total. The van der Waals surface area contributed by atoms with Gasteiger partial charge in [0.15, 0.2) is 6.61 Å². The Balaban J connectivity index is 1.26. The van der Waals surface area contributed by atoms with Crippen LogP contribution >= 0.6 is 11.8 Å². The molecular formula is C25H23N3O5S. The maximum atomic E-state index is 12.8. The summed E-state index contributed by atoms with van der Waals surface area (Å²) in [5.41, 5.74) is 2.61. The summed E-state index contributed by atoms with van der Waals surface area (Å²) in [7, 11) is 0. The van der Waals surface area contributed by atoms with Crippen LogP contribution in [-0.4, -0.2) is 39.8 Å². The lowest BCUT2D eigenvalue weighted by atomic mass is 10.1. The van der Waals surface area contributed by atoms with Gasteiger partial charge in [-0.15, -0.1) is 22.0 Å². The van der Waals surface area contributed by atoms with E-state index in [9.17, 15) is 4.79 Å². The monoisotopic (exact) mass is 477 g/mol. The van der Waals surface area contributed by atoms with Gasteiger partial charge in [-0.25, -0.2) is 4.79 Å². The third kappa shape index (κ3) is 4.90. The van der Waals surface area contributed by atoms with Gasteiger partial charge in [0, 0.05) is 22.8 Å². The summed E-state index contributed by atoms with van der Waals surface area (Å²) in [5.74, 6) is 1.37. The van der Waals surface area contributed by atoms with E-state index in [0.29, 0.717) is 22.6 Å². The van der Waals surface area contributed by atoms with Crippen molar-refractivity contribution >= 4 is 17.7 Å². The van der Waals surface area contributed by atoms with Crippen molar-refractivity contribution in [2.75, 3.05) is 12.4 Å². The standard InChI is InChI=1S/C25H23N3O5S/c1-16-22(23(28-33-16)17-8-3-2-4-9-17)24-27-26-21(32-24)14-31-25(29)19-11-5-6-12-20(19)34-15-18-10-7-13-30-18/h2-6,8-9,11-12,18H,7,10,13-15H2,1H3. The first-order valence-corrected chi connectivity index (χ1v) is 12.0. The summed E-state index contributed by atoms with van der Waals surface area (Å²) in [4.78, 5) is 13.6. The van der Waals surface area contributed by atoms with Gasteiger partial charge in [0.25, 0.3) is 11.8 Å². The summed E-state index contributed by atoms with van der Waals surface area (Å²) >= 11 is 1.60. The van der Waals surface area contributed by atoms with E-state index in [-0.39, 0.29) is 24.5 Å². The number of hydrogen-bond donors (Lipinski definition) is 0. The Bertz CT molecular complexity index is 1260. The lowest BCUT2D eigenvalue weighted by Gasteiger charge is -2.11. The van der Waals surface area contributed by atoms with Crippen LogP contribution in [0.1, 0.15) is 34.9 Å². The summed E-state index contributed by atoms with van der Waals surface area (Å²) in [6.07, 6.45) is 2.37. The predicted molar refractivity (Wildman–Crippen MR) is 125 cm³/mol. The molecule has 0 spiro atoms. The molecule has 1 aliphatic heterocycles. The van der Waals surface area contributed by atoms with Gasteiger partial charge in [-0.3, -0.25) is 0 Å². The lowest BCUT2D eigenvalue weighted by Crippen LogP contribution is -2.10. The zero-order chi connectivity index (χ0) is 23.3. The van der Waals surface area contributed by atoms with E-state index in [4.69, 9.17) is 18.4 Å². The zero-order valence-corrected chi connectivity index (χ0v) is 19.4. The molecule has 0 bridgehead atoms. The SMILES string of the molecule is Cc1onc(-c2ccccc2)c1-c1nnc(COC(=O)c2ccccc2SCC2CCCO2)o1. The van der Waals surface area contributed by atoms with Crippen molar-refractivity contribution in [3.63, 3.8) is 0 Å². The van der Waals surface area contributed by atoms with Gasteiger partial charge in [0.2, 0.25) is 0 Å². The van der Waals surface area contributed by atoms with E-state index in [1.165, 1.54) is 0 Å². The molecule has 0 radical (unpaired) electrons. The first kappa shape index (κ1) is 22.4. The number of esters is 1. The molecule has 3 heterocycles. The van der Waals surface area contributed by atoms with Gasteiger partial charge in [-0.1, -0.05) is 47.6 Å². The molecule has 1 unspecified atom stereocenters. The van der Waals surface area contributed by atoms with Crippen molar-refractivity contribution in [2.24, 2.45) is 0 Å². The topological polar surface area (TPSA) is 100 Å². The normalized spacial score (nSPS) is 15.5. The summed E-state index contributed by atoms with van der Waals surface area (Å²) < 4.78 is 22.3. The van der Waals surface area contributed by atoms with Gasteiger partial charge in [-0.2, -0.15) is 0 Å². The Morgan fingerprint density at radius 3 is 2.76 bits per heavy atom. The predicted octanol–water partition coefficient (Wildman–Crippen LogP) is 5.33. The number of rotatable bonds is 8. The van der Waals surface area contributed by atoms with Crippen molar-refractivity contribution in [2.45, 2.75) is 37.4 Å². The number of aromatic nitrogens is 3. The molecule has 2 aromatic carbocycles. The number of carbonyl (C=O) groups excluding carboxylic acids is 1. The highest BCUT2D eigenvalue weighted by molar-refractivity contribution is 7.99. The number of carbonyl (C=O) groups is 1. The third-order valence-corrected chi connectivity index (χ3v) is 6.68. The maximum absolute atomic E-state index is 12.8. The fourth-order valence-corrected chi connectivity index (χ4v) is 4.86. The molecule has 1 aliphatic rings. The molecule has 1 fully saturated rings. The van der Waals surface area contributed by atoms with Crippen LogP contribution in [0.5, 0.6) is 0 Å². The average Bonchev–Trinajstić information content (AvgIpc) is 3.63. The van der Waals surface area contributed by atoms with E-state index in [2.05, 4.69) is 15.4 Å². The average molecular weight is 478 g/mol. The Morgan fingerprint density at radius 2 is 1.94 bits per heavy atom. The number of aryl methyl sites for hydroxylation is 1. The van der Waals surface area contributed by atoms with Crippen LogP contribution < -0.4 is 0 Å². The molecule has 174 valence electrons. The fourth-order valence-electron chi connectivity index (χ4n) is 3.75. The van der Waals surface area contributed by atoms with Crippen LogP contribution in [-0.2, 0) is 16.1 Å². The van der Waals surface area contributed by atoms with Gasteiger partial charge in [0.1, 0.15) is 17.0 Å². The number of benzene rings is 2. The first-order chi connectivity index (χ1) is 16.7. The molecule has 34 heavy (non-hydrogen) atoms. The highest BCUT2D eigenvalue weighted by Crippen LogP contribution is 2.33. The number of hydrogen-bond acceptors (Lipinski definition) is 9. The summed E-state index contributed by atoms with van der Waals surface area (Å²) in [5, 5.41) is 12.3. The Morgan fingerprint density at radius 1 is 1.12 bits per heavy atom. The molecular weight excluding hydrogens is 454 g/mol. The van der Waals surface area contributed by atoms with Crippen molar-refractivity contribution in [3.8, 4) is 22.7 Å². The van der Waals surface area contributed by atoms with Crippen LogP contribution in [0.4, 0.5) is 0 Å². The fraction of sp³-hybridized carbons (Fsp3) is 0.280. The largest absolute Gasteiger partial charge is 0.452 e. The minimum Gasteiger partial charge on any atom is -0.452 e. The second-order valence-electron chi connectivity index (χ2n) is 7.85. The molecule has 0 amide bonds. The van der Waals surface area contributed by atoms with Crippen LogP contribution in [0.2, 0.25) is 0 Å². The van der Waals surface area contributed by atoms with E-state index in [0.717, 1.165) is 35.7 Å². The van der Waals surface area contributed by atoms with E-state index in [1.807, 2.05) is 48.5 Å². The first-order valence-electron chi connectivity index (χ1n) is 11.0. The lowest BCUT2D eigenvalue weighted by molar-refractivity contribution is 0.0434. The van der Waals surface area contributed by atoms with Crippen molar-refractivity contribution in [3.05, 3.63) is 71.8 Å². The molecule has 4 aromatic rings. The van der Waals surface area contributed by atoms with Crippen LogP contribution in [0.3, 0.4) is 0 Å². The highest BCUT2D eigenvalue weighted by Gasteiger charge is 2.23. The highest BCUT2D eigenvalue weighted by atomic mass is 32.2. The van der Waals surface area contributed by atoms with Crippen LogP contribution in [0.25, 0.3) is 22.7 Å². The van der Waals surface area contributed by atoms with Gasteiger partial charge in [0.05, 0.1) is 11.7 Å². The molecule has 0 aliphatic carbocycles. The van der Waals surface area contributed by atoms with E-state index < -0.39 is 5.97 Å². The number of ether oxygens (including phenoxy) is 2. The molecule has 0 N–H and O–H groups in total. The van der Waals surface area contributed by atoms with Crippen molar-refractivity contribution in [1.82, 2.24) is 15.4 Å². The van der Waals surface area contributed by atoms with Crippen LogP contribution in [0.15, 0.2) is 68.4 Å². The number of nitrogens with zero attached hydrogens (tertiary/aromatic N) is 3. The second kappa shape index (κ2) is 10.2. The third-order valence-electron chi connectivity index (χ3n) is 5.47. The maximum Gasteiger partial charge on any atom is 0.339 e. The smallest absolute Gasteiger partial charge is 0.339 e. The molecule has 9 heteroatoms. The summed E-state index contributed by atoms with van der Waals surface area (Å²) in [6, 6.07) is 17.0. The Kier molecular flexibility index (Phi) is 6.73. The van der Waals surface area contributed by atoms with Gasteiger partial charge >= 0.3 is 5.97 Å². The molecule has 2 aromatic heterocycles.